The molecule has 2 heterocycles. The number of aromatic nitrogens is 3. The lowest BCUT2D eigenvalue weighted by molar-refractivity contribution is -0.133. The van der Waals surface area contributed by atoms with Crippen molar-refractivity contribution < 1.29 is 4.79 Å². The molecule has 3 rings (SSSR count). The lowest BCUT2D eigenvalue weighted by atomic mass is 10.1. The molecule has 0 saturated heterocycles. The number of benzene rings is 1. The summed E-state index contributed by atoms with van der Waals surface area (Å²) in [7, 11) is 0. The zero-order valence-corrected chi connectivity index (χ0v) is 17.0. The monoisotopic (exact) mass is 396 g/mol. The Morgan fingerprint density at radius 3 is 2.57 bits per heavy atom. The van der Waals surface area contributed by atoms with E-state index in [0.717, 1.165) is 22.0 Å². The molecular formula is C22H25ClN4O. The number of halogens is 1. The van der Waals surface area contributed by atoms with Crippen LogP contribution in [0.1, 0.15) is 37.2 Å². The van der Waals surface area contributed by atoms with Crippen molar-refractivity contribution in [3.63, 3.8) is 0 Å². The van der Waals surface area contributed by atoms with Gasteiger partial charge >= 0.3 is 0 Å². The van der Waals surface area contributed by atoms with E-state index in [0.29, 0.717) is 32.0 Å². The van der Waals surface area contributed by atoms with Gasteiger partial charge in [-0.1, -0.05) is 43.6 Å². The minimum absolute atomic E-state index is 0.124. The summed E-state index contributed by atoms with van der Waals surface area (Å²) >= 11 is 6.31. The number of nitrogens with zero attached hydrogens (tertiary/aromatic N) is 4. The van der Waals surface area contributed by atoms with E-state index in [1.807, 2.05) is 52.1 Å². The molecule has 1 aromatic carbocycles. The molecule has 0 aliphatic rings. The van der Waals surface area contributed by atoms with E-state index in [-0.39, 0.29) is 5.91 Å². The number of carbonyl (C=O) groups excluding carboxylic acids is 1. The zero-order chi connectivity index (χ0) is 19.9. The first-order valence-corrected chi connectivity index (χ1v) is 9.81. The van der Waals surface area contributed by atoms with Crippen LogP contribution in [0.15, 0.2) is 61.2 Å². The van der Waals surface area contributed by atoms with Crippen LogP contribution < -0.4 is 0 Å². The molecule has 5 nitrogen and oxygen atoms in total. The third-order valence-corrected chi connectivity index (χ3v) is 4.86. The van der Waals surface area contributed by atoms with Crippen molar-refractivity contribution in [3.05, 3.63) is 83.2 Å². The molecule has 0 saturated carbocycles. The van der Waals surface area contributed by atoms with Gasteiger partial charge in [0.25, 0.3) is 0 Å². The van der Waals surface area contributed by atoms with Gasteiger partial charge in [0.15, 0.2) is 0 Å². The Kier molecular flexibility index (Phi) is 6.82. The normalized spacial score (nSPS) is 11.0. The molecule has 1 amide bonds. The fourth-order valence-electron chi connectivity index (χ4n) is 3.04. The van der Waals surface area contributed by atoms with Crippen molar-refractivity contribution in [2.24, 2.45) is 5.92 Å². The SMILES string of the molecule is CC(C)CC(=O)N(Cc1ccncc1)Cc1nccn1Cc1ccccc1Cl. The van der Waals surface area contributed by atoms with E-state index in [2.05, 4.69) is 23.8 Å². The first-order valence-electron chi connectivity index (χ1n) is 9.43. The first-order chi connectivity index (χ1) is 13.5. The minimum Gasteiger partial charge on any atom is -0.331 e. The molecule has 0 N–H and O–H groups in total. The fraction of sp³-hybridized carbons (Fsp3) is 0.318. The molecule has 0 unspecified atom stereocenters. The van der Waals surface area contributed by atoms with E-state index in [9.17, 15) is 4.79 Å². The summed E-state index contributed by atoms with van der Waals surface area (Å²) in [5, 5.41) is 0.728. The van der Waals surface area contributed by atoms with Crippen molar-refractivity contribution in [3.8, 4) is 0 Å². The van der Waals surface area contributed by atoms with Crippen molar-refractivity contribution in [1.82, 2.24) is 19.4 Å². The quantitative estimate of drug-likeness (QED) is 0.561. The van der Waals surface area contributed by atoms with E-state index < -0.39 is 0 Å². The van der Waals surface area contributed by atoms with Gasteiger partial charge < -0.3 is 9.47 Å². The predicted molar refractivity (Wildman–Crippen MR) is 111 cm³/mol. The summed E-state index contributed by atoms with van der Waals surface area (Å²) in [6.45, 7) is 5.72. The molecule has 0 fully saturated rings. The molecule has 0 atom stereocenters. The van der Waals surface area contributed by atoms with Crippen LogP contribution in [0.4, 0.5) is 0 Å². The van der Waals surface area contributed by atoms with E-state index in [4.69, 9.17) is 11.6 Å². The summed E-state index contributed by atoms with van der Waals surface area (Å²) in [4.78, 5) is 23.3. The van der Waals surface area contributed by atoms with Crippen LogP contribution in [-0.4, -0.2) is 25.3 Å². The maximum Gasteiger partial charge on any atom is 0.223 e. The second-order valence-electron chi connectivity index (χ2n) is 7.27. The van der Waals surface area contributed by atoms with Crippen LogP contribution >= 0.6 is 11.6 Å². The van der Waals surface area contributed by atoms with Crippen molar-refractivity contribution in [2.45, 2.75) is 39.9 Å². The van der Waals surface area contributed by atoms with E-state index in [1.165, 1.54) is 0 Å². The maximum absolute atomic E-state index is 12.9. The van der Waals surface area contributed by atoms with Gasteiger partial charge in [0.1, 0.15) is 5.82 Å². The Morgan fingerprint density at radius 1 is 1.11 bits per heavy atom. The van der Waals surface area contributed by atoms with Crippen LogP contribution in [0.2, 0.25) is 5.02 Å². The second kappa shape index (κ2) is 9.51. The van der Waals surface area contributed by atoms with Gasteiger partial charge in [-0.2, -0.15) is 0 Å². The van der Waals surface area contributed by atoms with Crippen LogP contribution in [0.25, 0.3) is 0 Å². The molecule has 0 bridgehead atoms. The number of hydrogen-bond donors (Lipinski definition) is 0. The number of amides is 1. The number of hydrogen-bond acceptors (Lipinski definition) is 3. The predicted octanol–water partition coefficient (Wildman–Crippen LogP) is 4.55. The van der Waals surface area contributed by atoms with Crippen LogP contribution in [0.3, 0.4) is 0 Å². The molecule has 0 aliphatic heterocycles. The van der Waals surface area contributed by atoms with Crippen LogP contribution in [-0.2, 0) is 24.4 Å². The van der Waals surface area contributed by atoms with E-state index >= 15 is 0 Å². The van der Waals surface area contributed by atoms with Crippen molar-refractivity contribution in [2.75, 3.05) is 0 Å². The molecule has 6 heteroatoms. The van der Waals surface area contributed by atoms with Gasteiger partial charge in [-0.25, -0.2) is 4.98 Å². The van der Waals surface area contributed by atoms with Crippen LogP contribution in [0.5, 0.6) is 0 Å². The Hall–Kier alpha value is -2.66. The third kappa shape index (κ3) is 5.42. The smallest absolute Gasteiger partial charge is 0.223 e. The molecule has 0 aliphatic carbocycles. The molecule has 146 valence electrons. The Bertz CT molecular complexity index is 908. The van der Waals surface area contributed by atoms with Gasteiger partial charge in [-0.05, 0) is 35.2 Å². The van der Waals surface area contributed by atoms with Gasteiger partial charge in [-0.3, -0.25) is 9.78 Å². The fourth-order valence-corrected chi connectivity index (χ4v) is 3.23. The molecule has 3 aromatic rings. The highest BCUT2D eigenvalue weighted by molar-refractivity contribution is 6.31. The second-order valence-corrected chi connectivity index (χ2v) is 7.67. The van der Waals surface area contributed by atoms with Crippen molar-refractivity contribution in [1.29, 1.82) is 0 Å². The molecule has 2 aromatic heterocycles. The lowest BCUT2D eigenvalue weighted by Gasteiger charge is -2.24. The molecule has 28 heavy (non-hydrogen) atoms. The minimum atomic E-state index is 0.124. The average Bonchev–Trinajstić information content (AvgIpc) is 3.10. The Morgan fingerprint density at radius 2 is 1.86 bits per heavy atom. The summed E-state index contributed by atoms with van der Waals surface area (Å²) in [5.41, 5.74) is 2.08. The number of pyridine rings is 1. The van der Waals surface area contributed by atoms with Gasteiger partial charge in [0.05, 0.1) is 13.1 Å². The van der Waals surface area contributed by atoms with Gasteiger partial charge in [0, 0.05) is 42.8 Å². The standard InChI is InChI=1S/C22H25ClN4O/c1-17(2)13-22(28)27(14-18-7-9-24-10-8-18)16-21-25-11-12-26(21)15-19-5-3-4-6-20(19)23/h3-12,17H,13-16H2,1-2H3. The third-order valence-electron chi connectivity index (χ3n) is 4.49. The van der Waals surface area contributed by atoms with Crippen LogP contribution in [0, 0.1) is 5.92 Å². The number of imidazole rings is 1. The summed E-state index contributed by atoms with van der Waals surface area (Å²) in [5.74, 6) is 1.26. The van der Waals surface area contributed by atoms with Gasteiger partial charge in [0.2, 0.25) is 5.91 Å². The largest absolute Gasteiger partial charge is 0.331 e. The number of rotatable bonds is 8. The number of carbonyl (C=O) groups is 1. The highest BCUT2D eigenvalue weighted by atomic mass is 35.5. The highest BCUT2D eigenvalue weighted by Crippen LogP contribution is 2.18. The van der Waals surface area contributed by atoms with Crippen molar-refractivity contribution >= 4 is 17.5 Å². The molecule has 0 radical (unpaired) electrons. The summed E-state index contributed by atoms with van der Waals surface area (Å²) in [6, 6.07) is 11.7. The van der Waals surface area contributed by atoms with Gasteiger partial charge in [-0.15, -0.1) is 0 Å². The molecule has 0 spiro atoms. The summed E-state index contributed by atoms with van der Waals surface area (Å²) in [6.07, 6.45) is 7.70. The highest BCUT2D eigenvalue weighted by Gasteiger charge is 2.18. The van der Waals surface area contributed by atoms with E-state index in [1.54, 1.807) is 18.6 Å². The zero-order valence-electron chi connectivity index (χ0n) is 16.3. The Labute approximate surface area is 171 Å². The topological polar surface area (TPSA) is 51.0 Å². The average molecular weight is 397 g/mol. The summed E-state index contributed by atoms with van der Waals surface area (Å²) < 4.78 is 2.05. The first kappa shape index (κ1) is 20.1. The Balaban J connectivity index is 1.80. The lowest BCUT2D eigenvalue weighted by Crippen LogP contribution is -2.32. The maximum atomic E-state index is 12.9. The molecular weight excluding hydrogens is 372 g/mol.